The lowest BCUT2D eigenvalue weighted by atomic mass is 10.1. The molecule has 154 valence electrons. The van der Waals surface area contributed by atoms with Gasteiger partial charge in [0.2, 0.25) is 0 Å². The minimum Gasteiger partial charge on any atom is -0.508 e. The first kappa shape index (κ1) is 22.3. The quantitative estimate of drug-likeness (QED) is 0.205. The van der Waals surface area contributed by atoms with E-state index in [0.717, 1.165) is 19.3 Å². The van der Waals surface area contributed by atoms with Crippen LogP contribution in [0.2, 0.25) is 5.02 Å². The molecule has 2 aromatic rings. The Labute approximate surface area is 170 Å². The van der Waals surface area contributed by atoms with Gasteiger partial charge in [-0.3, -0.25) is 4.79 Å². The summed E-state index contributed by atoms with van der Waals surface area (Å²) in [7, 11) is 0. The van der Waals surface area contributed by atoms with Gasteiger partial charge in [-0.05, 0) is 18.9 Å². The number of benzene rings is 1. The first-order chi connectivity index (χ1) is 13.4. The molecule has 0 atom stereocenters. The van der Waals surface area contributed by atoms with E-state index in [1.165, 1.54) is 50.7 Å². The molecule has 1 aromatic carbocycles. The molecule has 0 saturated heterocycles. The van der Waals surface area contributed by atoms with Gasteiger partial charge in [0.05, 0.1) is 5.39 Å². The van der Waals surface area contributed by atoms with E-state index in [-0.39, 0.29) is 28.1 Å². The molecule has 0 unspecified atom stereocenters. The zero-order chi connectivity index (χ0) is 20.5. The Morgan fingerprint density at radius 3 is 2.32 bits per heavy atom. The van der Waals surface area contributed by atoms with Crippen molar-refractivity contribution in [3.8, 4) is 11.5 Å². The maximum Gasteiger partial charge on any atom is 0.355 e. The van der Waals surface area contributed by atoms with Crippen LogP contribution in [0.4, 0.5) is 0 Å². The van der Waals surface area contributed by atoms with Gasteiger partial charge >= 0.3 is 11.6 Å². The van der Waals surface area contributed by atoms with Crippen LogP contribution in [0, 0.1) is 6.92 Å². The second-order valence-electron chi connectivity index (χ2n) is 7.20. The number of phenolic OH excluding ortho intramolecular Hbond substituents is 1. The highest BCUT2D eigenvalue weighted by Gasteiger charge is 2.17. The van der Waals surface area contributed by atoms with Gasteiger partial charge in [-0.1, -0.05) is 69.9 Å². The summed E-state index contributed by atoms with van der Waals surface area (Å²) in [5.41, 5.74) is -0.0965. The minimum atomic E-state index is -0.691. The van der Waals surface area contributed by atoms with E-state index in [1.807, 2.05) is 0 Å². The van der Waals surface area contributed by atoms with Crippen molar-refractivity contribution < 1.29 is 19.1 Å². The van der Waals surface area contributed by atoms with Crippen molar-refractivity contribution in [2.75, 3.05) is 0 Å². The second-order valence-corrected chi connectivity index (χ2v) is 7.58. The first-order valence-corrected chi connectivity index (χ1v) is 10.5. The molecule has 5 nitrogen and oxygen atoms in total. The van der Waals surface area contributed by atoms with Gasteiger partial charge < -0.3 is 14.3 Å². The fourth-order valence-corrected chi connectivity index (χ4v) is 3.40. The van der Waals surface area contributed by atoms with Gasteiger partial charge in [-0.15, -0.1) is 0 Å². The molecule has 0 fully saturated rings. The number of ether oxygens (including phenoxy) is 1. The summed E-state index contributed by atoms with van der Waals surface area (Å²) in [6.45, 7) is 3.86. The number of aromatic hydroxyl groups is 1. The largest absolute Gasteiger partial charge is 0.508 e. The monoisotopic (exact) mass is 408 g/mol. The van der Waals surface area contributed by atoms with Crippen molar-refractivity contribution in [3.05, 3.63) is 33.1 Å². The molecule has 0 spiro atoms. The highest BCUT2D eigenvalue weighted by molar-refractivity contribution is 6.32. The molecular weight excluding hydrogens is 380 g/mol. The fourth-order valence-electron chi connectivity index (χ4n) is 3.27. The number of phenols is 1. The second kappa shape index (κ2) is 11.1. The van der Waals surface area contributed by atoms with Gasteiger partial charge in [-0.2, -0.15) is 0 Å². The summed E-state index contributed by atoms with van der Waals surface area (Å²) in [5, 5.41) is 10.2. The molecule has 0 aliphatic heterocycles. The number of fused-ring (bicyclic) bond motifs is 1. The van der Waals surface area contributed by atoms with Crippen LogP contribution in [0.1, 0.15) is 76.7 Å². The zero-order valence-electron chi connectivity index (χ0n) is 16.7. The fraction of sp³-hybridized carbons (Fsp3) is 0.545. The molecule has 0 aliphatic rings. The maximum absolute atomic E-state index is 12.2. The Hall–Kier alpha value is -2.01. The summed E-state index contributed by atoms with van der Waals surface area (Å²) in [4.78, 5) is 23.9. The third-order valence-electron chi connectivity index (χ3n) is 4.85. The normalized spacial score (nSPS) is 11.1. The number of carbonyl (C=O) groups is 1. The van der Waals surface area contributed by atoms with Crippen LogP contribution in [0.3, 0.4) is 0 Å². The topological polar surface area (TPSA) is 76.7 Å². The highest BCUT2D eigenvalue weighted by Crippen LogP contribution is 2.34. The molecule has 2 rings (SSSR count). The molecule has 1 N–H and O–H groups in total. The van der Waals surface area contributed by atoms with E-state index in [1.54, 1.807) is 6.92 Å². The number of aryl methyl sites for hydroxylation is 1. The predicted molar refractivity (Wildman–Crippen MR) is 111 cm³/mol. The minimum absolute atomic E-state index is 0.0607. The van der Waals surface area contributed by atoms with Crippen molar-refractivity contribution in [1.82, 2.24) is 0 Å². The van der Waals surface area contributed by atoms with E-state index in [4.69, 9.17) is 20.8 Å². The Kier molecular flexibility index (Phi) is 8.84. The van der Waals surface area contributed by atoms with E-state index < -0.39 is 5.63 Å². The van der Waals surface area contributed by atoms with Crippen molar-refractivity contribution in [1.29, 1.82) is 0 Å². The summed E-state index contributed by atoms with van der Waals surface area (Å²) in [6, 6.07) is 2.64. The van der Waals surface area contributed by atoms with E-state index in [9.17, 15) is 14.7 Å². The SMILES string of the molecule is CCCCCCCCCCCC(=O)Oc1cc(O)cc2oc(=O)c(Cl)c(C)c12. The number of esters is 1. The summed E-state index contributed by atoms with van der Waals surface area (Å²) >= 11 is 5.97. The highest BCUT2D eigenvalue weighted by atomic mass is 35.5. The van der Waals surface area contributed by atoms with Crippen molar-refractivity contribution in [3.63, 3.8) is 0 Å². The number of carbonyl (C=O) groups excluding carboxylic acids is 1. The van der Waals surface area contributed by atoms with Gasteiger partial charge in [0.15, 0.2) is 0 Å². The van der Waals surface area contributed by atoms with E-state index in [2.05, 4.69) is 6.92 Å². The average molecular weight is 409 g/mol. The van der Waals surface area contributed by atoms with Gasteiger partial charge in [0.1, 0.15) is 22.1 Å². The third kappa shape index (κ3) is 6.26. The van der Waals surface area contributed by atoms with Crippen LogP contribution in [0.25, 0.3) is 11.0 Å². The van der Waals surface area contributed by atoms with Crippen LogP contribution in [-0.2, 0) is 4.79 Å². The lowest BCUT2D eigenvalue weighted by Crippen LogP contribution is -2.09. The summed E-state index contributed by atoms with van der Waals surface area (Å²) in [6.07, 6.45) is 10.8. The van der Waals surface area contributed by atoms with Crippen LogP contribution in [0.15, 0.2) is 21.3 Å². The molecule has 6 heteroatoms. The number of hydrogen-bond donors (Lipinski definition) is 1. The smallest absolute Gasteiger partial charge is 0.355 e. The Morgan fingerprint density at radius 2 is 1.68 bits per heavy atom. The van der Waals surface area contributed by atoms with Crippen LogP contribution in [0.5, 0.6) is 11.5 Å². The lowest BCUT2D eigenvalue weighted by molar-refractivity contribution is -0.134. The van der Waals surface area contributed by atoms with E-state index >= 15 is 0 Å². The van der Waals surface area contributed by atoms with E-state index in [0.29, 0.717) is 17.4 Å². The number of unbranched alkanes of at least 4 members (excludes halogenated alkanes) is 8. The van der Waals surface area contributed by atoms with Gasteiger partial charge in [0, 0.05) is 18.6 Å². The molecule has 0 saturated carbocycles. The maximum atomic E-state index is 12.2. The standard InChI is InChI=1S/C22H29ClO5/c1-3-4-5-6-7-8-9-10-11-12-19(25)27-17-13-16(24)14-18-20(17)15(2)21(23)22(26)28-18/h13-14,24H,3-12H2,1-2H3. The Morgan fingerprint density at radius 1 is 1.07 bits per heavy atom. The zero-order valence-corrected chi connectivity index (χ0v) is 17.4. The summed E-state index contributed by atoms with van der Waals surface area (Å²) < 4.78 is 10.5. The van der Waals surface area contributed by atoms with Crippen LogP contribution in [-0.4, -0.2) is 11.1 Å². The molecule has 0 aliphatic carbocycles. The Bertz CT molecular complexity index is 856. The number of rotatable bonds is 11. The molecular formula is C22H29ClO5. The van der Waals surface area contributed by atoms with Crippen LogP contribution >= 0.6 is 11.6 Å². The van der Waals surface area contributed by atoms with Gasteiger partial charge in [0.25, 0.3) is 0 Å². The molecule has 1 aromatic heterocycles. The third-order valence-corrected chi connectivity index (χ3v) is 5.28. The van der Waals surface area contributed by atoms with Crippen molar-refractivity contribution in [2.24, 2.45) is 0 Å². The summed E-state index contributed by atoms with van der Waals surface area (Å²) in [5.74, 6) is -0.376. The van der Waals surface area contributed by atoms with Crippen molar-refractivity contribution >= 4 is 28.5 Å². The molecule has 0 amide bonds. The first-order valence-electron chi connectivity index (χ1n) is 10.1. The predicted octanol–water partition coefficient (Wildman–Crippen LogP) is 6.29. The number of halogens is 1. The molecule has 0 radical (unpaired) electrons. The molecule has 1 heterocycles. The van der Waals surface area contributed by atoms with Gasteiger partial charge in [-0.25, -0.2) is 4.79 Å². The number of hydrogen-bond acceptors (Lipinski definition) is 5. The van der Waals surface area contributed by atoms with Crippen LogP contribution < -0.4 is 10.4 Å². The molecule has 0 bridgehead atoms. The molecule has 28 heavy (non-hydrogen) atoms. The lowest BCUT2D eigenvalue weighted by Gasteiger charge is -2.10. The Balaban J connectivity index is 1.88. The van der Waals surface area contributed by atoms with Crippen molar-refractivity contribution in [2.45, 2.75) is 78.1 Å². The average Bonchev–Trinajstić information content (AvgIpc) is 2.64.